The number of nitrogens with zero attached hydrogens (tertiary/aromatic N) is 4. The van der Waals surface area contributed by atoms with Crippen LogP contribution in [-0.4, -0.2) is 25.5 Å². The number of fused-ring (bicyclic) bond motifs is 1. The van der Waals surface area contributed by atoms with E-state index in [9.17, 15) is 9.18 Å². The Labute approximate surface area is 199 Å². The summed E-state index contributed by atoms with van der Waals surface area (Å²) in [4.78, 5) is 23.8. The number of benzene rings is 1. The molecule has 1 aromatic carbocycles. The van der Waals surface area contributed by atoms with Crippen LogP contribution in [0.1, 0.15) is 33.8 Å². The van der Waals surface area contributed by atoms with E-state index in [1.54, 1.807) is 46.3 Å². The van der Waals surface area contributed by atoms with E-state index in [-0.39, 0.29) is 17.8 Å². The summed E-state index contributed by atoms with van der Waals surface area (Å²) in [6, 6.07) is 17.4. The highest BCUT2D eigenvalue weighted by molar-refractivity contribution is 7.15. The number of pyridine rings is 2. The summed E-state index contributed by atoms with van der Waals surface area (Å²) in [6.07, 6.45) is 5.07. The summed E-state index contributed by atoms with van der Waals surface area (Å²) in [5.74, 6) is -0.0520. The standard InChI is InChI=1S/C25H21FN6OS/c1-16(17-4-6-19(26)7-5-17)31-25(33)21-3-2-11-27-24(21)28-14-20-8-9-22(34-20)18-10-12-32-23(13-18)29-15-30-32/h2-13,15-16H,14H2,1H3,(H,27,28)(H,31,33). The van der Waals surface area contributed by atoms with Gasteiger partial charge in [-0.3, -0.25) is 4.79 Å². The lowest BCUT2D eigenvalue weighted by molar-refractivity contribution is 0.0940. The Balaban J connectivity index is 1.27. The molecular weight excluding hydrogens is 451 g/mol. The summed E-state index contributed by atoms with van der Waals surface area (Å²) in [5.41, 5.74) is 3.14. The number of hydrogen-bond donors (Lipinski definition) is 2. The van der Waals surface area contributed by atoms with Crippen LogP contribution in [0.25, 0.3) is 16.1 Å². The predicted octanol–water partition coefficient (Wildman–Crippen LogP) is 5.10. The molecule has 0 aliphatic rings. The van der Waals surface area contributed by atoms with Crippen molar-refractivity contribution in [2.24, 2.45) is 0 Å². The Morgan fingerprint density at radius 2 is 1.97 bits per heavy atom. The van der Waals surface area contributed by atoms with Crippen molar-refractivity contribution >= 4 is 28.7 Å². The van der Waals surface area contributed by atoms with Gasteiger partial charge in [0, 0.05) is 22.1 Å². The van der Waals surface area contributed by atoms with E-state index in [0.29, 0.717) is 17.9 Å². The number of hydrogen-bond acceptors (Lipinski definition) is 6. The third kappa shape index (κ3) is 4.65. The molecule has 0 saturated carbocycles. The number of rotatable bonds is 7. The average molecular weight is 473 g/mol. The highest BCUT2D eigenvalue weighted by Gasteiger charge is 2.16. The maximum absolute atomic E-state index is 13.2. The van der Waals surface area contributed by atoms with Gasteiger partial charge in [0.05, 0.1) is 18.2 Å². The fraction of sp³-hybridized carbons (Fsp3) is 0.120. The van der Waals surface area contributed by atoms with Crippen molar-refractivity contribution in [3.8, 4) is 10.4 Å². The first kappa shape index (κ1) is 21.7. The number of carbonyl (C=O) groups is 1. The van der Waals surface area contributed by atoms with Gasteiger partial charge in [-0.15, -0.1) is 11.3 Å². The minimum absolute atomic E-state index is 0.249. The molecule has 4 heterocycles. The van der Waals surface area contributed by atoms with Crippen LogP contribution >= 0.6 is 11.3 Å². The molecule has 1 amide bonds. The number of halogens is 1. The number of aromatic nitrogens is 4. The maximum Gasteiger partial charge on any atom is 0.255 e. The summed E-state index contributed by atoms with van der Waals surface area (Å²) in [6.45, 7) is 2.39. The topological polar surface area (TPSA) is 84.2 Å². The molecule has 0 aliphatic heterocycles. The predicted molar refractivity (Wildman–Crippen MR) is 130 cm³/mol. The molecule has 170 valence electrons. The SMILES string of the molecule is CC(NC(=O)c1cccnc1NCc1ccc(-c2ccn3ncnc3c2)s1)c1ccc(F)cc1. The van der Waals surface area contributed by atoms with Gasteiger partial charge < -0.3 is 10.6 Å². The molecule has 0 saturated heterocycles. The zero-order valence-corrected chi connectivity index (χ0v) is 19.1. The van der Waals surface area contributed by atoms with Gasteiger partial charge in [-0.1, -0.05) is 12.1 Å². The number of amides is 1. The second kappa shape index (κ2) is 9.40. The minimum atomic E-state index is -0.308. The van der Waals surface area contributed by atoms with Crippen LogP contribution in [0, 0.1) is 5.82 Å². The first-order valence-electron chi connectivity index (χ1n) is 10.7. The lowest BCUT2D eigenvalue weighted by atomic mass is 10.1. The van der Waals surface area contributed by atoms with E-state index in [0.717, 1.165) is 26.5 Å². The van der Waals surface area contributed by atoms with Crippen LogP contribution < -0.4 is 10.6 Å². The molecule has 0 radical (unpaired) electrons. The quantitative estimate of drug-likeness (QED) is 0.345. The fourth-order valence-electron chi connectivity index (χ4n) is 3.61. The van der Waals surface area contributed by atoms with Gasteiger partial charge in [-0.2, -0.15) is 5.10 Å². The lowest BCUT2D eigenvalue weighted by Crippen LogP contribution is -2.27. The molecule has 0 aliphatic carbocycles. The fourth-order valence-corrected chi connectivity index (χ4v) is 4.55. The summed E-state index contributed by atoms with van der Waals surface area (Å²) < 4.78 is 14.9. The minimum Gasteiger partial charge on any atom is -0.365 e. The number of anilines is 1. The first-order chi connectivity index (χ1) is 16.6. The van der Waals surface area contributed by atoms with Crippen LogP contribution in [0.4, 0.5) is 10.2 Å². The summed E-state index contributed by atoms with van der Waals surface area (Å²) >= 11 is 1.66. The average Bonchev–Trinajstić information content (AvgIpc) is 3.52. The molecule has 2 N–H and O–H groups in total. The molecule has 5 aromatic rings. The van der Waals surface area contributed by atoms with Crippen molar-refractivity contribution in [1.29, 1.82) is 0 Å². The van der Waals surface area contributed by atoms with Gasteiger partial charge in [0.15, 0.2) is 5.65 Å². The molecule has 1 atom stereocenters. The van der Waals surface area contributed by atoms with E-state index >= 15 is 0 Å². The molecule has 7 nitrogen and oxygen atoms in total. The van der Waals surface area contributed by atoms with Crippen LogP contribution in [-0.2, 0) is 6.54 Å². The maximum atomic E-state index is 13.2. The normalized spacial score (nSPS) is 11.9. The zero-order valence-electron chi connectivity index (χ0n) is 18.3. The van der Waals surface area contributed by atoms with E-state index in [1.807, 2.05) is 25.3 Å². The van der Waals surface area contributed by atoms with Crippen molar-refractivity contribution in [1.82, 2.24) is 24.9 Å². The third-order valence-corrected chi connectivity index (χ3v) is 6.56. The van der Waals surface area contributed by atoms with Gasteiger partial charge in [-0.05, 0) is 66.6 Å². The second-order valence-electron chi connectivity index (χ2n) is 7.74. The van der Waals surface area contributed by atoms with Gasteiger partial charge in [0.25, 0.3) is 5.91 Å². The molecular formula is C25H21FN6OS. The van der Waals surface area contributed by atoms with Crippen LogP contribution in [0.15, 0.2) is 79.4 Å². The first-order valence-corrected chi connectivity index (χ1v) is 11.5. The molecule has 0 spiro atoms. The molecule has 1 unspecified atom stereocenters. The Hall–Kier alpha value is -4.11. The second-order valence-corrected chi connectivity index (χ2v) is 8.91. The van der Waals surface area contributed by atoms with E-state index in [2.05, 4.69) is 37.8 Å². The van der Waals surface area contributed by atoms with Gasteiger partial charge in [0.1, 0.15) is 18.0 Å². The zero-order chi connectivity index (χ0) is 23.5. The lowest BCUT2D eigenvalue weighted by Gasteiger charge is -2.16. The third-order valence-electron chi connectivity index (χ3n) is 5.43. The summed E-state index contributed by atoms with van der Waals surface area (Å²) in [5, 5.41) is 10.4. The van der Waals surface area contributed by atoms with Gasteiger partial charge in [-0.25, -0.2) is 18.9 Å². The van der Waals surface area contributed by atoms with Crippen LogP contribution in [0.2, 0.25) is 0 Å². The molecule has 4 aromatic heterocycles. The molecule has 0 fully saturated rings. The Morgan fingerprint density at radius 1 is 1.12 bits per heavy atom. The van der Waals surface area contributed by atoms with Crippen molar-refractivity contribution < 1.29 is 9.18 Å². The molecule has 9 heteroatoms. The summed E-state index contributed by atoms with van der Waals surface area (Å²) in [7, 11) is 0. The van der Waals surface area contributed by atoms with E-state index in [4.69, 9.17) is 0 Å². The molecule has 5 rings (SSSR count). The Bertz CT molecular complexity index is 1450. The van der Waals surface area contributed by atoms with Crippen molar-refractivity contribution in [3.63, 3.8) is 0 Å². The number of thiophene rings is 1. The Morgan fingerprint density at radius 3 is 2.82 bits per heavy atom. The number of carbonyl (C=O) groups excluding carboxylic acids is 1. The van der Waals surface area contributed by atoms with Crippen LogP contribution in [0.3, 0.4) is 0 Å². The monoisotopic (exact) mass is 472 g/mol. The molecule has 34 heavy (non-hydrogen) atoms. The Kier molecular flexibility index (Phi) is 6.01. The van der Waals surface area contributed by atoms with Gasteiger partial charge >= 0.3 is 0 Å². The molecule has 0 bridgehead atoms. The van der Waals surface area contributed by atoms with Gasteiger partial charge in [0.2, 0.25) is 0 Å². The van der Waals surface area contributed by atoms with E-state index in [1.165, 1.54) is 18.5 Å². The highest BCUT2D eigenvalue weighted by Crippen LogP contribution is 2.29. The van der Waals surface area contributed by atoms with Crippen molar-refractivity contribution in [2.75, 3.05) is 5.32 Å². The van der Waals surface area contributed by atoms with E-state index < -0.39 is 0 Å². The van der Waals surface area contributed by atoms with Crippen molar-refractivity contribution in [2.45, 2.75) is 19.5 Å². The van der Waals surface area contributed by atoms with Crippen molar-refractivity contribution in [3.05, 3.63) is 101 Å². The van der Waals surface area contributed by atoms with Crippen LogP contribution in [0.5, 0.6) is 0 Å². The number of nitrogens with one attached hydrogen (secondary N) is 2. The highest BCUT2D eigenvalue weighted by atomic mass is 32.1. The smallest absolute Gasteiger partial charge is 0.255 e. The largest absolute Gasteiger partial charge is 0.365 e.